The molecule has 3 rings (SSSR count). The lowest BCUT2D eigenvalue weighted by molar-refractivity contribution is -0.124. The van der Waals surface area contributed by atoms with Gasteiger partial charge in [0.25, 0.3) is 5.91 Å². The van der Waals surface area contributed by atoms with E-state index in [0.29, 0.717) is 16.6 Å². The van der Waals surface area contributed by atoms with Crippen LogP contribution in [-0.4, -0.2) is 28.5 Å². The molecule has 2 aromatic heterocycles. The van der Waals surface area contributed by atoms with Gasteiger partial charge in [0.1, 0.15) is 0 Å². The number of esters is 1. The van der Waals surface area contributed by atoms with Gasteiger partial charge in [-0.3, -0.25) is 4.79 Å². The smallest absolute Gasteiger partial charge is 0.338 e. The number of aryl methyl sites for hydroxylation is 2. The topological polar surface area (TPSA) is 81.2 Å². The molecule has 1 unspecified atom stereocenters. The summed E-state index contributed by atoms with van der Waals surface area (Å²) >= 11 is 1.56. The van der Waals surface area contributed by atoms with E-state index < -0.39 is 5.97 Å². The summed E-state index contributed by atoms with van der Waals surface area (Å²) in [6.07, 6.45) is 0. The van der Waals surface area contributed by atoms with Gasteiger partial charge in [0, 0.05) is 4.88 Å². The lowest BCUT2D eigenvalue weighted by Gasteiger charge is -2.12. The van der Waals surface area contributed by atoms with Crippen molar-refractivity contribution >= 4 is 34.2 Å². The summed E-state index contributed by atoms with van der Waals surface area (Å²) in [6, 6.07) is 8.73. The molecule has 0 fully saturated rings. The molecule has 3 aromatic rings. The van der Waals surface area contributed by atoms with Gasteiger partial charge < -0.3 is 10.1 Å². The van der Waals surface area contributed by atoms with E-state index in [4.69, 9.17) is 4.74 Å². The summed E-state index contributed by atoms with van der Waals surface area (Å²) in [6.45, 7) is 5.31. The highest BCUT2D eigenvalue weighted by Crippen LogP contribution is 2.18. The number of thiophene rings is 1. The van der Waals surface area contributed by atoms with Crippen molar-refractivity contribution in [1.29, 1.82) is 0 Å². The van der Waals surface area contributed by atoms with Crippen molar-refractivity contribution in [3.8, 4) is 0 Å². The molecule has 134 valence electrons. The molecule has 2 heterocycles. The van der Waals surface area contributed by atoms with Crippen molar-refractivity contribution < 1.29 is 14.3 Å². The SMILES string of the molecule is Cc1nc2ccc(C(=O)OCC(=O)NC(C)c3cccs3)cc2nc1C. The van der Waals surface area contributed by atoms with Crippen molar-refractivity contribution in [2.45, 2.75) is 26.8 Å². The number of hydrogen-bond donors (Lipinski definition) is 1. The number of ether oxygens (including phenoxy) is 1. The zero-order valence-electron chi connectivity index (χ0n) is 14.8. The minimum atomic E-state index is -0.564. The summed E-state index contributed by atoms with van der Waals surface area (Å²) in [5, 5.41) is 4.75. The Kier molecular flexibility index (Phi) is 5.27. The molecule has 1 N–H and O–H groups in total. The second-order valence-corrected chi connectivity index (χ2v) is 6.96. The van der Waals surface area contributed by atoms with Crippen molar-refractivity contribution in [2.24, 2.45) is 0 Å². The minimum Gasteiger partial charge on any atom is -0.452 e. The number of carbonyl (C=O) groups is 2. The monoisotopic (exact) mass is 369 g/mol. The second kappa shape index (κ2) is 7.61. The van der Waals surface area contributed by atoms with Crippen molar-refractivity contribution in [1.82, 2.24) is 15.3 Å². The fourth-order valence-corrected chi connectivity index (χ4v) is 3.20. The van der Waals surface area contributed by atoms with Crippen LogP contribution in [0.3, 0.4) is 0 Å². The Morgan fingerprint density at radius 3 is 2.58 bits per heavy atom. The quantitative estimate of drug-likeness (QED) is 0.698. The van der Waals surface area contributed by atoms with Gasteiger partial charge in [-0.1, -0.05) is 6.07 Å². The Labute approximate surface area is 155 Å². The maximum absolute atomic E-state index is 12.2. The molecule has 1 atom stereocenters. The van der Waals surface area contributed by atoms with Crippen LogP contribution in [0, 0.1) is 13.8 Å². The third-order valence-corrected chi connectivity index (χ3v) is 5.05. The molecular weight excluding hydrogens is 350 g/mol. The molecule has 0 spiro atoms. The summed E-state index contributed by atoms with van der Waals surface area (Å²) in [5.41, 5.74) is 3.34. The fourth-order valence-electron chi connectivity index (χ4n) is 2.46. The first kappa shape index (κ1) is 18.0. The molecule has 26 heavy (non-hydrogen) atoms. The van der Waals surface area contributed by atoms with Crippen LogP contribution in [0.15, 0.2) is 35.7 Å². The van der Waals surface area contributed by atoms with Crippen LogP contribution < -0.4 is 5.32 Å². The number of nitrogens with zero attached hydrogens (tertiary/aromatic N) is 2. The van der Waals surface area contributed by atoms with E-state index in [1.54, 1.807) is 29.5 Å². The summed E-state index contributed by atoms with van der Waals surface area (Å²) in [7, 11) is 0. The van der Waals surface area contributed by atoms with Crippen LogP contribution in [0.5, 0.6) is 0 Å². The predicted molar refractivity (Wildman–Crippen MR) is 100 cm³/mol. The average Bonchev–Trinajstić information content (AvgIpc) is 3.15. The van der Waals surface area contributed by atoms with E-state index in [-0.39, 0.29) is 18.6 Å². The number of benzene rings is 1. The van der Waals surface area contributed by atoms with E-state index in [2.05, 4.69) is 15.3 Å². The Balaban J connectivity index is 1.62. The zero-order valence-corrected chi connectivity index (χ0v) is 15.6. The summed E-state index contributed by atoms with van der Waals surface area (Å²) in [4.78, 5) is 34.1. The van der Waals surface area contributed by atoms with Crippen LogP contribution in [0.2, 0.25) is 0 Å². The minimum absolute atomic E-state index is 0.122. The second-order valence-electron chi connectivity index (χ2n) is 5.98. The predicted octanol–water partition coefficient (Wildman–Crippen LogP) is 3.34. The number of fused-ring (bicyclic) bond motifs is 1. The van der Waals surface area contributed by atoms with Gasteiger partial charge in [0.05, 0.1) is 34.0 Å². The zero-order chi connectivity index (χ0) is 18.7. The van der Waals surface area contributed by atoms with Gasteiger partial charge in [-0.15, -0.1) is 11.3 Å². The Morgan fingerprint density at radius 1 is 1.15 bits per heavy atom. The molecule has 0 aliphatic carbocycles. The van der Waals surface area contributed by atoms with Gasteiger partial charge in [-0.05, 0) is 50.4 Å². The number of nitrogens with one attached hydrogen (secondary N) is 1. The molecule has 0 saturated carbocycles. The van der Waals surface area contributed by atoms with E-state index in [9.17, 15) is 9.59 Å². The third-order valence-electron chi connectivity index (χ3n) is 3.99. The van der Waals surface area contributed by atoms with Crippen molar-refractivity contribution in [3.05, 3.63) is 57.5 Å². The first-order chi connectivity index (χ1) is 12.4. The third kappa shape index (κ3) is 4.05. The highest BCUT2D eigenvalue weighted by atomic mass is 32.1. The Hall–Kier alpha value is -2.80. The van der Waals surface area contributed by atoms with Crippen LogP contribution in [0.4, 0.5) is 0 Å². The van der Waals surface area contributed by atoms with Gasteiger partial charge in [0.2, 0.25) is 0 Å². The average molecular weight is 369 g/mol. The number of aromatic nitrogens is 2. The maximum atomic E-state index is 12.2. The molecule has 1 amide bonds. The summed E-state index contributed by atoms with van der Waals surface area (Å²) < 4.78 is 5.12. The number of hydrogen-bond acceptors (Lipinski definition) is 6. The van der Waals surface area contributed by atoms with Crippen molar-refractivity contribution in [2.75, 3.05) is 6.61 Å². The maximum Gasteiger partial charge on any atom is 0.338 e. The first-order valence-corrected chi connectivity index (χ1v) is 9.07. The largest absolute Gasteiger partial charge is 0.452 e. The van der Waals surface area contributed by atoms with Crippen LogP contribution in [0.1, 0.15) is 39.6 Å². The van der Waals surface area contributed by atoms with E-state index in [1.807, 2.05) is 38.3 Å². The molecule has 6 nitrogen and oxygen atoms in total. The van der Waals surface area contributed by atoms with Gasteiger partial charge >= 0.3 is 5.97 Å². The molecule has 7 heteroatoms. The molecule has 0 bridgehead atoms. The van der Waals surface area contributed by atoms with E-state index in [0.717, 1.165) is 16.3 Å². The Morgan fingerprint density at radius 2 is 1.88 bits per heavy atom. The number of rotatable bonds is 5. The molecule has 0 radical (unpaired) electrons. The Bertz CT molecular complexity index is 954. The normalized spacial score (nSPS) is 12.0. The highest BCUT2D eigenvalue weighted by molar-refractivity contribution is 7.10. The molecular formula is C19H19N3O3S. The van der Waals surface area contributed by atoms with Crippen LogP contribution >= 0.6 is 11.3 Å². The molecule has 1 aromatic carbocycles. The standard InChI is InChI=1S/C19H19N3O3S/c1-11-12(2)21-16-9-14(6-7-15(16)20-11)19(24)25-10-18(23)22-13(3)17-5-4-8-26-17/h4-9,13H,10H2,1-3H3,(H,22,23). The number of carbonyl (C=O) groups excluding carboxylic acids is 2. The summed E-state index contributed by atoms with van der Waals surface area (Å²) in [5.74, 6) is -0.905. The van der Waals surface area contributed by atoms with E-state index in [1.165, 1.54) is 0 Å². The van der Waals surface area contributed by atoms with Gasteiger partial charge in [0.15, 0.2) is 6.61 Å². The molecule has 0 saturated heterocycles. The lowest BCUT2D eigenvalue weighted by atomic mass is 10.2. The first-order valence-electron chi connectivity index (χ1n) is 8.19. The van der Waals surface area contributed by atoms with E-state index >= 15 is 0 Å². The van der Waals surface area contributed by atoms with Gasteiger partial charge in [-0.25, -0.2) is 14.8 Å². The number of amides is 1. The highest BCUT2D eigenvalue weighted by Gasteiger charge is 2.14. The van der Waals surface area contributed by atoms with Gasteiger partial charge in [-0.2, -0.15) is 0 Å². The molecule has 0 aliphatic heterocycles. The fraction of sp³-hybridized carbons (Fsp3) is 0.263. The van der Waals surface area contributed by atoms with Crippen LogP contribution in [-0.2, 0) is 9.53 Å². The molecule has 0 aliphatic rings. The van der Waals surface area contributed by atoms with Crippen LogP contribution in [0.25, 0.3) is 11.0 Å². The van der Waals surface area contributed by atoms with Crippen molar-refractivity contribution in [3.63, 3.8) is 0 Å². The lowest BCUT2D eigenvalue weighted by Crippen LogP contribution is -2.30.